The van der Waals surface area contributed by atoms with Crippen molar-refractivity contribution < 1.29 is 9.50 Å². The Labute approximate surface area is 120 Å². The molecule has 0 aliphatic rings. The van der Waals surface area contributed by atoms with Gasteiger partial charge in [0, 0.05) is 5.56 Å². The van der Waals surface area contributed by atoms with Crippen molar-refractivity contribution in [3.05, 3.63) is 71.5 Å². The van der Waals surface area contributed by atoms with Gasteiger partial charge in [-0.2, -0.15) is 0 Å². The molecule has 2 rings (SSSR count). The monoisotopic (exact) mass is 272 g/mol. The lowest BCUT2D eigenvalue weighted by Crippen LogP contribution is -2.26. The van der Waals surface area contributed by atoms with Gasteiger partial charge in [0.2, 0.25) is 0 Å². The lowest BCUT2D eigenvalue weighted by Gasteiger charge is -2.28. The highest BCUT2D eigenvalue weighted by atomic mass is 19.1. The van der Waals surface area contributed by atoms with Gasteiger partial charge >= 0.3 is 0 Å². The molecule has 2 aromatic carbocycles. The fraction of sp³-hybridized carbons (Fsp3) is 0.333. The van der Waals surface area contributed by atoms with Crippen LogP contribution in [-0.2, 0) is 12.0 Å². The van der Waals surface area contributed by atoms with Gasteiger partial charge < -0.3 is 5.11 Å². The largest absolute Gasteiger partial charge is 0.385 e. The molecule has 1 N–H and O–H groups in total. The number of benzene rings is 2. The second-order valence-corrected chi connectivity index (χ2v) is 5.20. The van der Waals surface area contributed by atoms with Crippen LogP contribution in [0.3, 0.4) is 0 Å². The minimum atomic E-state index is -1.07. The molecule has 0 bridgehead atoms. The molecule has 2 aromatic rings. The first-order chi connectivity index (χ1) is 9.65. The van der Waals surface area contributed by atoms with Crippen molar-refractivity contribution in [2.24, 2.45) is 0 Å². The molecule has 0 aliphatic heterocycles. The van der Waals surface area contributed by atoms with Crippen LogP contribution in [-0.4, -0.2) is 5.11 Å². The molecule has 0 saturated heterocycles. The maximum atomic E-state index is 13.9. The molecule has 0 heterocycles. The van der Waals surface area contributed by atoms with E-state index in [-0.39, 0.29) is 5.82 Å². The third-order valence-corrected chi connectivity index (χ3v) is 3.86. The Kier molecular flexibility index (Phi) is 4.91. The normalized spacial score (nSPS) is 13.9. The summed E-state index contributed by atoms with van der Waals surface area (Å²) in [4.78, 5) is 0. The summed E-state index contributed by atoms with van der Waals surface area (Å²) >= 11 is 0. The molecule has 0 aromatic heterocycles. The zero-order valence-electron chi connectivity index (χ0n) is 11.8. The molecule has 0 fully saturated rings. The van der Waals surface area contributed by atoms with Crippen molar-refractivity contribution in [3.63, 3.8) is 0 Å². The standard InChI is InChI=1S/C18H21FO/c1-2-18(20,16-12-6-7-13-17(16)19)14-8-11-15-9-4-3-5-10-15/h3-7,9-10,12-13,20H,2,8,11,14H2,1H3. The van der Waals surface area contributed by atoms with Crippen LogP contribution >= 0.6 is 0 Å². The number of hydrogen-bond donors (Lipinski definition) is 1. The molecule has 106 valence electrons. The summed E-state index contributed by atoms with van der Waals surface area (Å²) in [5.74, 6) is -0.323. The zero-order valence-corrected chi connectivity index (χ0v) is 11.8. The molecule has 2 heteroatoms. The number of halogens is 1. The van der Waals surface area contributed by atoms with Gasteiger partial charge in [0.05, 0.1) is 5.60 Å². The van der Waals surface area contributed by atoms with Crippen molar-refractivity contribution >= 4 is 0 Å². The van der Waals surface area contributed by atoms with E-state index in [1.54, 1.807) is 18.2 Å². The smallest absolute Gasteiger partial charge is 0.129 e. The molecule has 0 saturated carbocycles. The van der Waals surface area contributed by atoms with Crippen molar-refractivity contribution in [1.82, 2.24) is 0 Å². The van der Waals surface area contributed by atoms with E-state index < -0.39 is 5.60 Å². The van der Waals surface area contributed by atoms with E-state index in [2.05, 4.69) is 12.1 Å². The fourth-order valence-electron chi connectivity index (χ4n) is 2.57. The van der Waals surface area contributed by atoms with E-state index >= 15 is 0 Å². The van der Waals surface area contributed by atoms with Gasteiger partial charge in [-0.3, -0.25) is 0 Å². The maximum Gasteiger partial charge on any atom is 0.129 e. The Morgan fingerprint density at radius 3 is 2.30 bits per heavy atom. The first-order valence-corrected chi connectivity index (χ1v) is 7.17. The molecular formula is C18H21FO. The number of rotatable bonds is 6. The second kappa shape index (κ2) is 6.67. The summed E-state index contributed by atoms with van der Waals surface area (Å²) in [6.45, 7) is 1.90. The Hall–Kier alpha value is -1.67. The third kappa shape index (κ3) is 3.45. The third-order valence-electron chi connectivity index (χ3n) is 3.86. The van der Waals surface area contributed by atoms with Crippen LogP contribution in [0.15, 0.2) is 54.6 Å². The van der Waals surface area contributed by atoms with Gasteiger partial charge in [0.1, 0.15) is 5.82 Å². The lowest BCUT2D eigenvalue weighted by atomic mass is 9.85. The average molecular weight is 272 g/mol. The molecule has 0 amide bonds. The van der Waals surface area contributed by atoms with Crippen molar-refractivity contribution in [1.29, 1.82) is 0 Å². The molecule has 0 spiro atoms. The Morgan fingerprint density at radius 2 is 1.65 bits per heavy atom. The minimum Gasteiger partial charge on any atom is -0.385 e. The number of aryl methyl sites for hydroxylation is 1. The van der Waals surface area contributed by atoms with Crippen molar-refractivity contribution in [2.45, 2.75) is 38.2 Å². The minimum absolute atomic E-state index is 0.323. The summed E-state index contributed by atoms with van der Waals surface area (Å²) in [6.07, 6.45) is 2.82. The highest BCUT2D eigenvalue weighted by Gasteiger charge is 2.29. The van der Waals surface area contributed by atoms with Crippen molar-refractivity contribution in [2.75, 3.05) is 0 Å². The van der Waals surface area contributed by atoms with Crippen LogP contribution in [0.5, 0.6) is 0 Å². The Bertz CT molecular complexity index is 538. The van der Waals surface area contributed by atoms with Gasteiger partial charge in [0.25, 0.3) is 0 Å². The molecule has 1 unspecified atom stereocenters. The second-order valence-electron chi connectivity index (χ2n) is 5.20. The van der Waals surface area contributed by atoms with E-state index in [4.69, 9.17) is 0 Å². The first-order valence-electron chi connectivity index (χ1n) is 7.17. The van der Waals surface area contributed by atoms with Crippen LogP contribution in [0, 0.1) is 5.82 Å². The SMILES string of the molecule is CCC(O)(CCCc1ccccc1)c1ccccc1F. The van der Waals surface area contributed by atoms with E-state index in [1.165, 1.54) is 11.6 Å². The first kappa shape index (κ1) is 14.7. The summed E-state index contributed by atoms with van der Waals surface area (Å²) in [5, 5.41) is 10.7. The van der Waals surface area contributed by atoms with Crippen LogP contribution in [0.1, 0.15) is 37.3 Å². The van der Waals surface area contributed by atoms with Crippen LogP contribution in [0.2, 0.25) is 0 Å². The Morgan fingerprint density at radius 1 is 1.00 bits per heavy atom. The summed E-state index contributed by atoms with van der Waals surface area (Å²) in [6, 6.07) is 16.7. The van der Waals surface area contributed by atoms with Crippen molar-refractivity contribution in [3.8, 4) is 0 Å². The molecule has 0 radical (unpaired) electrons. The van der Waals surface area contributed by atoms with Gasteiger partial charge in [-0.1, -0.05) is 55.5 Å². The van der Waals surface area contributed by atoms with Gasteiger partial charge in [-0.15, -0.1) is 0 Å². The fourth-order valence-corrected chi connectivity index (χ4v) is 2.57. The maximum absolute atomic E-state index is 13.9. The zero-order chi connectivity index (χ0) is 14.4. The predicted molar refractivity (Wildman–Crippen MR) is 80.0 cm³/mol. The molecule has 0 aliphatic carbocycles. The molecular weight excluding hydrogens is 251 g/mol. The summed E-state index contributed by atoms with van der Waals surface area (Å²) < 4.78 is 13.9. The molecule has 1 atom stereocenters. The summed E-state index contributed by atoms with van der Waals surface area (Å²) in [7, 11) is 0. The van der Waals surface area contributed by atoms with E-state index in [0.29, 0.717) is 18.4 Å². The topological polar surface area (TPSA) is 20.2 Å². The van der Waals surface area contributed by atoms with E-state index in [9.17, 15) is 9.50 Å². The quantitative estimate of drug-likeness (QED) is 0.824. The van der Waals surface area contributed by atoms with Gasteiger partial charge in [-0.25, -0.2) is 4.39 Å². The lowest BCUT2D eigenvalue weighted by molar-refractivity contribution is 0.0180. The number of aliphatic hydroxyl groups is 1. The highest BCUT2D eigenvalue weighted by molar-refractivity contribution is 5.24. The van der Waals surface area contributed by atoms with Gasteiger partial charge in [0.15, 0.2) is 0 Å². The molecule has 20 heavy (non-hydrogen) atoms. The van der Waals surface area contributed by atoms with Gasteiger partial charge in [-0.05, 0) is 37.3 Å². The highest BCUT2D eigenvalue weighted by Crippen LogP contribution is 2.32. The van der Waals surface area contributed by atoms with Crippen LogP contribution in [0.4, 0.5) is 4.39 Å². The number of hydrogen-bond acceptors (Lipinski definition) is 1. The van der Waals surface area contributed by atoms with Crippen LogP contribution in [0.25, 0.3) is 0 Å². The predicted octanol–water partition coefficient (Wildman–Crippen LogP) is 4.45. The Balaban J connectivity index is 2.03. The summed E-state index contributed by atoms with van der Waals surface area (Å²) in [5.41, 5.74) is 0.593. The van der Waals surface area contributed by atoms with E-state index in [1.807, 2.05) is 25.1 Å². The molecule has 1 nitrogen and oxygen atoms in total. The van der Waals surface area contributed by atoms with E-state index in [0.717, 1.165) is 12.8 Å². The average Bonchev–Trinajstić information content (AvgIpc) is 2.48. The van der Waals surface area contributed by atoms with Crippen LogP contribution < -0.4 is 0 Å².